The molecule has 0 spiro atoms. The van der Waals surface area contributed by atoms with Crippen molar-refractivity contribution in [3.05, 3.63) is 0 Å². The molecular formula is C15H28N2O2. The van der Waals surface area contributed by atoms with Gasteiger partial charge < -0.3 is 15.0 Å². The molecule has 2 aliphatic rings. The Bertz CT molecular complexity index is 295. The Morgan fingerprint density at radius 2 is 1.95 bits per heavy atom. The Morgan fingerprint density at radius 1 is 1.32 bits per heavy atom. The smallest absolute Gasteiger partial charge is 0.322 e. The highest BCUT2D eigenvalue weighted by atomic mass is 16.5. The SMILES string of the molecule is COC(=O)C(CCN1CC(C)CC(C)C1)NC1CC1. The summed E-state index contributed by atoms with van der Waals surface area (Å²) in [6, 6.07) is 0.424. The van der Waals surface area contributed by atoms with Gasteiger partial charge in [0.25, 0.3) is 0 Å². The van der Waals surface area contributed by atoms with Crippen LogP contribution < -0.4 is 5.32 Å². The summed E-state index contributed by atoms with van der Waals surface area (Å²) < 4.78 is 4.90. The van der Waals surface area contributed by atoms with Crippen molar-refractivity contribution in [2.75, 3.05) is 26.7 Å². The van der Waals surface area contributed by atoms with Crippen LogP contribution >= 0.6 is 0 Å². The summed E-state index contributed by atoms with van der Waals surface area (Å²) in [5.74, 6) is 1.44. The van der Waals surface area contributed by atoms with Crippen molar-refractivity contribution in [1.29, 1.82) is 0 Å². The van der Waals surface area contributed by atoms with E-state index in [1.54, 1.807) is 0 Å². The van der Waals surface area contributed by atoms with Gasteiger partial charge in [-0.3, -0.25) is 4.79 Å². The molecule has 4 heteroatoms. The maximum absolute atomic E-state index is 11.8. The number of methoxy groups -OCH3 is 1. The van der Waals surface area contributed by atoms with Crippen molar-refractivity contribution in [2.24, 2.45) is 11.8 Å². The fourth-order valence-electron chi connectivity index (χ4n) is 3.23. The predicted molar refractivity (Wildman–Crippen MR) is 76.0 cm³/mol. The molecule has 2 fully saturated rings. The summed E-state index contributed by atoms with van der Waals surface area (Å²) >= 11 is 0. The first kappa shape index (κ1) is 14.8. The lowest BCUT2D eigenvalue weighted by Crippen LogP contribution is -2.44. The summed E-state index contributed by atoms with van der Waals surface area (Å²) in [5.41, 5.74) is 0. The molecule has 0 aromatic heterocycles. The first-order chi connectivity index (χ1) is 9.08. The summed E-state index contributed by atoms with van der Waals surface area (Å²) in [5, 5.41) is 3.40. The first-order valence-corrected chi connectivity index (χ1v) is 7.64. The van der Waals surface area contributed by atoms with Gasteiger partial charge in [0, 0.05) is 25.7 Å². The number of rotatable bonds is 6. The third-order valence-corrected chi connectivity index (χ3v) is 4.18. The Morgan fingerprint density at radius 3 is 2.47 bits per heavy atom. The largest absolute Gasteiger partial charge is 0.468 e. The molecular weight excluding hydrogens is 240 g/mol. The average Bonchev–Trinajstić information content (AvgIpc) is 3.16. The van der Waals surface area contributed by atoms with Gasteiger partial charge >= 0.3 is 5.97 Å². The van der Waals surface area contributed by atoms with Gasteiger partial charge in [-0.1, -0.05) is 13.8 Å². The van der Waals surface area contributed by atoms with Crippen molar-refractivity contribution in [2.45, 2.75) is 51.6 Å². The zero-order chi connectivity index (χ0) is 13.8. The van der Waals surface area contributed by atoms with Gasteiger partial charge in [-0.15, -0.1) is 0 Å². The van der Waals surface area contributed by atoms with Crippen LogP contribution in [0.25, 0.3) is 0 Å². The van der Waals surface area contributed by atoms with E-state index in [-0.39, 0.29) is 12.0 Å². The Balaban J connectivity index is 1.78. The Labute approximate surface area is 116 Å². The number of nitrogens with zero attached hydrogens (tertiary/aromatic N) is 1. The molecule has 0 bridgehead atoms. The van der Waals surface area contributed by atoms with Gasteiger partial charge in [-0.25, -0.2) is 0 Å². The van der Waals surface area contributed by atoms with Crippen LogP contribution in [-0.4, -0.2) is 49.7 Å². The molecule has 1 heterocycles. The highest BCUT2D eigenvalue weighted by Crippen LogP contribution is 2.22. The molecule has 1 saturated heterocycles. The normalized spacial score (nSPS) is 30.1. The topological polar surface area (TPSA) is 41.6 Å². The van der Waals surface area contributed by atoms with Crippen LogP contribution in [0.4, 0.5) is 0 Å². The van der Waals surface area contributed by atoms with Crippen molar-refractivity contribution in [3.63, 3.8) is 0 Å². The monoisotopic (exact) mass is 268 g/mol. The van der Waals surface area contributed by atoms with Crippen LogP contribution in [0.1, 0.15) is 39.5 Å². The number of ether oxygens (including phenoxy) is 1. The molecule has 4 nitrogen and oxygen atoms in total. The average molecular weight is 268 g/mol. The molecule has 0 aromatic carbocycles. The lowest BCUT2D eigenvalue weighted by molar-refractivity contribution is -0.143. The minimum absolute atomic E-state index is 0.106. The second-order valence-corrected chi connectivity index (χ2v) is 6.51. The maximum atomic E-state index is 11.8. The van der Waals surface area contributed by atoms with Crippen LogP contribution in [0.5, 0.6) is 0 Å². The van der Waals surface area contributed by atoms with Crippen molar-refractivity contribution in [1.82, 2.24) is 10.2 Å². The van der Waals surface area contributed by atoms with Gasteiger partial charge in [-0.2, -0.15) is 0 Å². The molecule has 2 rings (SSSR count). The zero-order valence-corrected chi connectivity index (χ0v) is 12.5. The molecule has 1 aliphatic carbocycles. The van der Waals surface area contributed by atoms with E-state index in [0.717, 1.165) is 24.8 Å². The maximum Gasteiger partial charge on any atom is 0.322 e. The number of carbonyl (C=O) groups is 1. The van der Waals surface area contributed by atoms with Crippen LogP contribution in [0, 0.1) is 11.8 Å². The zero-order valence-electron chi connectivity index (χ0n) is 12.5. The van der Waals surface area contributed by atoms with Gasteiger partial charge in [0.05, 0.1) is 7.11 Å². The van der Waals surface area contributed by atoms with Gasteiger partial charge in [0.1, 0.15) is 6.04 Å². The van der Waals surface area contributed by atoms with E-state index in [2.05, 4.69) is 24.1 Å². The number of likely N-dealkylation sites (tertiary alicyclic amines) is 1. The molecule has 0 amide bonds. The highest BCUT2D eigenvalue weighted by molar-refractivity contribution is 5.75. The van der Waals surface area contributed by atoms with Crippen molar-refractivity contribution < 1.29 is 9.53 Å². The Hall–Kier alpha value is -0.610. The van der Waals surface area contributed by atoms with Crippen LogP contribution in [-0.2, 0) is 9.53 Å². The van der Waals surface area contributed by atoms with Crippen LogP contribution in [0.3, 0.4) is 0 Å². The van der Waals surface area contributed by atoms with E-state index in [9.17, 15) is 4.79 Å². The molecule has 19 heavy (non-hydrogen) atoms. The first-order valence-electron chi connectivity index (χ1n) is 7.64. The molecule has 0 aromatic rings. The van der Waals surface area contributed by atoms with E-state index < -0.39 is 0 Å². The lowest BCUT2D eigenvalue weighted by atomic mass is 9.91. The standard InChI is InChI=1S/C15H28N2O2/c1-11-8-12(2)10-17(9-11)7-6-14(15(18)19-3)16-13-4-5-13/h11-14,16H,4-10H2,1-3H3. The van der Waals surface area contributed by atoms with E-state index in [4.69, 9.17) is 4.74 Å². The molecule has 1 N–H and O–H groups in total. The van der Waals surface area contributed by atoms with Gasteiger partial charge in [-0.05, 0) is 37.5 Å². The predicted octanol–water partition coefficient (Wildman–Crippen LogP) is 1.65. The second-order valence-electron chi connectivity index (χ2n) is 6.51. The van der Waals surface area contributed by atoms with E-state index >= 15 is 0 Å². The highest BCUT2D eigenvalue weighted by Gasteiger charge is 2.30. The number of esters is 1. The lowest BCUT2D eigenvalue weighted by Gasteiger charge is -2.35. The molecule has 1 saturated carbocycles. The van der Waals surface area contributed by atoms with Gasteiger partial charge in [0.2, 0.25) is 0 Å². The third-order valence-electron chi connectivity index (χ3n) is 4.18. The summed E-state index contributed by atoms with van der Waals surface area (Å²) in [4.78, 5) is 14.3. The summed E-state index contributed by atoms with van der Waals surface area (Å²) in [6.07, 6.45) is 4.59. The van der Waals surface area contributed by atoms with Crippen molar-refractivity contribution >= 4 is 5.97 Å². The molecule has 3 unspecified atom stereocenters. The number of hydrogen-bond donors (Lipinski definition) is 1. The molecule has 1 aliphatic heterocycles. The Kier molecular flexibility index (Phi) is 5.22. The second kappa shape index (κ2) is 6.71. The number of piperidine rings is 1. The quantitative estimate of drug-likeness (QED) is 0.744. The number of hydrogen-bond acceptors (Lipinski definition) is 4. The van der Waals surface area contributed by atoms with Crippen molar-refractivity contribution in [3.8, 4) is 0 Å². The van der Waals surface area contributed by atoms with Gasteiger partial charge in [0.15, 0.2) is 0 Å². The summed E-state index contributed by atoms with van der Waals surface area (Å²) in [6.45, 7) is 7.98. The fourth-order valence-corrected chi connectivity index (χ4v) is 3.23. The summed E-state index contributed by atoms with van der Waals surface area (Å²) in [7, 11) is 1.48. The van der Waals surface area contributed by atoms with Crippen LogP contribution in [0.2, 0.25) is 0 Å². The van der Waals surface area contributed by atoms with E-state index in [1.807, 2.05) is 0 Å². The third kappa shape index (κ3) is 4.77. The molecule has 3 atom stereocenters. The van der Waals surface area contributed by atoms with Crippen LogP contribution in [0.15, 0.2) is 0 Å². The number of carbonyl (C=O) groups excluding carboxylic acids is 1. The minimum Gasteiger partial charge on any atom is -0.468 e. The fraction of sp³-hybridized carbons (Fsp3) is 0.933. The molecule has 0 radical (unpaired) electrons. The molecule has 110 valence electrons. The van der Waals surface area contributed by atoms with E-state index in [0.29, 0.717) is 6.04 Å². The minimum atomic E-state index is -0.120. The van der Waals surface area contributed by atoms with E-state index in [1.165, 1.54) is 39.5 Å². The number of nitrogens with one attached hydrogen (secondary N) is 1.